The average Bonchev–Trinajstić information content (AvgIpc) is 2.04. The Morgan fingerprint density at radius 2 is 2.08 bits per heavy atom. The van der Waals surface area contributed by atoms with Gasteiger partial charge in [0.1, 0.15) is 5.78 Å². The molecule has 1 atom stereocenters. The molecular weight excluding hydrogens is 164 g/mol. The van der Waals surface area contributed by atoms with Crippen molar-refractivity contribution in [1.82, 2.24) is 0 Å². The van der Waals surface area contributed by atoms with E-state index in [0.29, 0.717) is 0 Å². The van der Waals surface area contributed by atoms with E-state index in [1.54, 1.807) is 7.11 Å². The van der Waals surface area contributed by atoms with E-state index < -0.39 is 0 Å². The van der Waals surface area contributed by atoms with Crippen molar-refractivity contribution < 1.29 is 9.53 Å². The standard InChI is InChI=1S/C11H21O2/c1-9(10(2)12)7-6-8-11(3,4)13-5/h9H,2,6-8H2,1,3-5H3. The van der Waals surface area contributed by atoms with Crippen molar-refractivity contribution >= 4 is 5.78 Å². The quantitative estimate of drug-likeness (QED) is 0.636. The second kappa shape index (κ2) is 5.38. The molecule has 0 spiro atoms. The molecule has 0 aliphatic rings. The number of ether oxygens (including phenoxy) is 1. The second-order valence-electron chi connectivity index (χ2n) is 4.22. The fourth-order valence-electron chi connectivity index (χ4n) is 1.10. The Kier molecular flexibility index (Phi) is 5.23. The van der Waals surface area contributed by atoms with Gasteiger partial charge in [0.25, 0.3) is 0 Å². The molecule has 77 valence electrons. The van der Waals surface area contributed by atoms with Crippen LogP contribution in [0.5, 0.6) is 0 Å². The molecule has 0 aromatic rings. The van der Waals surface area contributed by atoms with E-state index in [4.69, 9.17) is 4.74 Å². The molecule has 0 aliphatic heterocycles. The fraction of sp³-hybridized carbons (Fsp3) is 0.818. The summed E-state index contributed by atoms with van der Waals surface area (Å²) in [7, 11) is 1.72. The summed E-state index contributed by atoms with van der Waals surface area (Å²) in [6.45, 7) is 9.45. The number of methoxy groups -OCH3 is 1. The summed E-state index contributed by atoms with van der Waals surface area (Å²) in [5.74, 6) is 0.128. The van der Waals surface area contributed by atoms with Crippen molar-refractivity contribution in [3.8, 4) is 0 Å². The van der Waals surface area contributed by atoms with Crippen LogP contribution in [0.25, 0.3) is 0 Å². The summed E-state index contributed by atoms with van der Waals surface area (Å²) < 4.78 is 5.28. The molecule has 0 amide bonds. The predicted octanol–water partition coefficient (Wildman–Crippen LogP) is 2.62. The van der Waals surface area contributed by atoms with Gasteiger partial charge in [-0.2, -0.15) is 0 Å². The van der Waals surface area contributed by atoms with E-state index in [0.717, 1.165) is 19.3 Å². The first-order valence-corrected chi connectivity index (χ1v) is 4.80. The smallest absolute Gasteiger partial charge is 0.136 e. The summed E-state index contributed by atoms with van der Waals surface area (Å²) in [4.78, 5) is 10.8. The second-order valence-corrected chi connectivity index (χ2v) is 4.22. The van der Waals surface area contributed by atoms with Crippen LogP contribution in [-0.2, 0) is 9.53 Å². The molecule has 1 unspecified atom stereocenters. The van der Waals surface area contributed by atoms with Gasteiger partial charge < -0.3 is 4.74 Å². The summed E-state index contributed by atoms with van der Waals surface area (Å²) in [5.41, 5.74) is -0.0655. The van der Waals surface area contributed by atoms with Gasteiger partial charge in [0.2, 0.25) is 0 Å². The molecule has 2 nitrogen and oxygen atoms in total. The van der Waals surface area contributed by atoms with Crippen molar-refractivity contribution in [2.24, 2.45) is 5.92 Å². The van der Waals surface area contributed by atoms with Crippen molar-refractivity contribution in [2.75, 3.05) is 7.11 Å². The van der Waals surface area contributed by atoms with Crippen LogP contribution in [0.4, 0.5) is 0 Å². The third-order valence-corrected chi connectivity index (χ3v) is 2.52. The molecule has 0 N–H and O–H groups in total. The van der Waals surface area contributed by atoms with E-state index in [1.165, 1.54) is 0 Å². The SMILES string of the molecule is [CH2]C(=O)C(C)CCCC(C)(C)OC. The van der Waals surface area contributed by atoms with Gasteiger partial charge in [0, 0.05) is 20.0 Å². The van der Waals surface area contributed by atoms with E-state index in [2.05, 4.69) is 20.8 Å². The molecule has 0 saturated heterocycles. The summed E-state index contributed by atoms with van der Waals surface area (Å²) in [6, 6.07) is 0. The average molecular weight is 185 g/mol. The van der Waals surface area contributed by atoms with Gasteiger partial charge >= 0.3 is 0 Å². The van der Waals surface area contributed by atoms with Crippen LogP contribution in [0.2, 0.25) is 0 Å². The van der Waals surface area contributed by atoms with Gasteiger partial charge in [-0.1, -0.05) is 6.92 Å². The summed E-state index contributed by atoms with van der Waals surface area (Å²) in [6.07, 6.45) is 2.92. The van der Waals surface area contributed by atoms with Gasteiger partial charge in [0.05, 0.1) is 5.60 Å². The number of hydrogen-bond acceptors (Lipinski definition) is 2. The highest BCUT2D eigenvalue weighted by Gasteiger charge is 2.16. The zero-order valence-electron chi connectivity index (χ0n) is 9.22. The van der Waals surface area contributed by atoms with Gasteiger partial charge in [-0.3, -0.25) is 4.79 Å². The number of carbonyl (C=O) groups is 1. The molecule has 0 rings (SSSR count). The highest BCUT2D eigenvalue weighted by molar-refractivity contribution is 5.84. The normalized spacial score (nSPS) is 14.2. The Morgan fingerprint density at radius 1 is 1.54 bits per heavy atom. The van der Waals surface area contributed by atoms with E-state index in [1.807, 2.05) is 6.92 Å². The molecule has 13 heavy (non-hydrogen) atoms. The molecule has 1 radical (unpaired) electrons. The minimum absolute atomic E-state index is 0.0372. The van der Waals surface area contributed by atoms with Crippen LogP contribution in [-0.4, -0.2) is 18.5 Å². The van der Waals surface area contributed by atoms with Crippen LogP contribution in [0.1, 0.15) is 40.0 Å². The zero-order chi connectivity index (χ0) is 10.5. The lowest BCUT2D eigenvalue weighted by Gasteiger charge is -2.23. The first-order valence-electron chi connectivity index (χ1n) is 4.80. The highest BCUT2D eigenvalue weighted by atomic mass is 16.5. The maximum Gasteiger partial charge on any atom is 0.136 e. The summed E-state index contributed by atoms with van der Waals surface area (Å²) >= 11 is 0. The van der Waals surface area contributed by atoms with Gasteiger partial charge in [-0.15, -0.1) is 0 Å². The molecule has 0 aromatic heterocycles. The minimum atomic E-state index is -0.0655. The van der Waals surface area contributed by atoms with Crippen LogP contribution in [0.3, 0.4) is 0 Å². The molecule has 0 saturated carbocycles. The number of ketones is 1. The van der Waals surface area contributed by atoms with E-state index >= 15 is 0 Å². The molecule has 0 bridgehead atoms. The maximum absolute atomic E-state index is 10.8. The lowest BCUT2D eigenvalue weighted by atomic mass is 9.95. The Balaban J connectivity index is 3.62. The van der Waals surface area contributed by atoms with Crippen molar-refractivity contribution in [3.05, 3.63) is 6.92 Å². The highest BCUT2D eigenvalue weighted by Crippen LogP contribution is 2.19. The zero-order valence-corrected chi connectivity index (χ0v) is 9.22. The van der Waals surface area contributed by atoms with Crippen LogP contribution >= 0.6 is 0 Å². The predicted molar refractivity (Wildman–Crippen MR) is 54.5 cm³/mol. The maximum atomic E-state index is 10.8. The number of rotatable bonds is 6. The topological polar surface area (TPSA) is 26.3 Å². The van der Waals surface area contributed by atoms with E-state index in [9.17, 15) is 4.79 Å². The Morgan fingerprint density at radius 3 is 2.46 bits per heavy atom. The summed E-state index contributed by atoms with van der Waals surface area (Å²) in [5, 5.41) is 0. The van der Waals surface area contributed by atoms with Gasteiger partial charge in [0.15, 0.2) is 0 Å². The minimum Gasteiger partial charge on any atom is -0.379 e. The van der Waals surface area contributed by atoms with Crippen molar-refractivity contribution in [1.29, 1.82) is 0 Å². The monoisotopic (exact) mass is 185 g/mol. The molecule has 2 heteroatoms. The van der Waals surface area contributed by atoms with Crippen molar-refractivity contribution in [2.45, 2.75) is 45.6 Å². The fourth-order valence-corrected chi connectivity index (χ4v) is 1.10. The molecule has 0 heterocycles. The third-order valence-electron chi connectivity index (χ3n) is 2.52. The Bertz CT molecular complexity index is 161. The number of carbonyl (C=O) groups excluding carboxylic acids is 1. The first-order chi connectivity index (χ1) is 5.89. The van der Waals surface area contributed by atoms with E-state index in [-0.39, 0.29) is 17.3 Å². The van der Waals surface area contributed by atoms with Crippen molar-refractivity contribution in [3.63, 3.8) is 0 Å². The van der Waals surface area contributed by atoms with Gasteiger partial charge in [-0.05, 0) is 33.1 Å². The van der Waals surface area contributed by atoms with Gasteiger partial charge in [-0.25, -0.2) is 0 Å². The Labute approximate surface area is 81.7 Å². The molecule has 0 aliphatic carbocycles. The van der Waals surface area contributed by atoms with Crippen LogP contribution in [0.15, 0.2) is 0 Å². The molecule has 0 aromatic carbocycles. The van der Waals surface area contributed by atoms with Crippen LogP contribution < -0.4 is 0 Å². The van der Waals surface area contributed by atoms with Crippen LogP contribution in [0, 0.1) is 12.8 Å². The molecular formula is C11H21O2. The lowest BCUT2D eigenvalue weighted by Crippen LogP contribution is -2.22. The number of Topliss-reactive ketones (excluding diaryl/α,β-unsaturated/α-hetero) is 1. The number of hydrogen-bond donors (Lipinski definition) is 0. The largest absolute Gasteiger partial charge is 0.379 e. The molecule has 0 fully saturated rings. The first kappa shape index (κ1) is 12.6. The lowest BCUT2D eigenvalue weighted by molar-refractivity contribution is -0.118. The Hall–Kier alpha value is -0.370. The third kappa shape index (κ3) is 5.81.